The molecule has 2 amide bonds. The number of rotatable bonds is 6. The monoisotopic (exact) mass is 323 g/mol. The Kier molecular flexibility index (Phi) is 6.06. The largest absolute Gasteiger partial charge is 0.395 e. The van der Waals surface area contributed by atoms with Crippen molar-refractivity contribution in [3.63, 3.8) is 0 Å². The molecule has 1 heterocycles. The van der Waals surface area contributed by atoms with E-state index in [-0.39, 0.29) is 37.2 Å². The first-order valence-corrected chi connectivity index (χ1v) is 7.62. The van der Waals surface area contributed by atoms with E-state index in [1.807, 2.05) is 4.90 Å². The van der Waals surface area contributed by atoms with E-state index in [9.17, 15) is 14.0 Å². The number of halogens is 1. The van der Waals surface area contributed by atoms with Gasteiger partial charge < -0.3 is 15.3 Å². The lowest BCUT2D eigenvalue weighted by Crippen LogP contribution is -2.56. The Morgan fingerprint density at radius 1 is 1.52 bits per heavy atom. The second kappa shape index (κ2) is 8.03. The number of nitrogens with one attached hydrogen (secondary N) is 1. The van der Waals surface area contributed by atoms with Crippen LogP contribution in [0.15, 0.2) is 24.3 Å². The van der Waals surface area contributed by atoms with Crippen LogP contribution in [0.4, 0.5) is 4.39 Å². The van der Waals surface area contributed by atoms with Crippen LogP contribution in [0, 0.1) is 5.82 Å². The molecule has 0 spiro atoms. The van der Waals surface area contributed by atoms with Gasteiger partial charge >= 0.3 is 0 Å². The number of carbonyl (C=O) groups is 2. The van der Waals surface area contributed by atoms with Crippen molar-refractivity contribution in [3.05, 3.63) is 35.6 Å². The first-order valence-electron chi connectivity index (χ1n) is 7.62. The topological polar surface area (TPSA) is 72.9 Å². The van der Waals surface area contributed by atoms with Gasteiger partial charge in [-0.15, -0.1) is 0 Å². The van der Waals surface area contributed by atoms with Gasteiger partial charge in [-0.2, -0.15) is 0 Å². The molecule has 126 valence electrons. The van der Waals surface area contributed by atoms with E-state index in [1.165, 1.54) is 17.0 Å². The summed E-state index contributed by atoms with van der Waals surface area (Å²) >= 11 is 0. The lowest BCUT2D eigenvalue weighted by molar-refractivity contribution is -0.138. The molecule has 1 atom stereocenters. The average molecular weight is 323 g/mol. The highest BCUT2D eigenvalue weighted by atomic mass is 19.1. The Hall–Kier alpha value is -1.99. The summed E-state index contributed by atoms with van der Waals surface area (Å²) in [7, 11) is 1.59. The number of aliphatic hydroxyl groups is 1. The number of aliphatic hydroxyl groups excluding tert-OH is 1. The minimum Gasteiger partial charge on any atom is -0.395 e. The normalized spacial score (nSPS) is 18.6. The van der Waals surface area contributed by atoms with Crippen molar-refractivity contribution in [2.45, 2.75) is 19.0 Å². The molecule has 7 heteroatoms. The molecule has 2 N–H and O–H groups in total. The number of amides is 2. The average Bonchev–Trinajstić information content (AvgIpc) is 2.51. The molecule has 1 fully saturated rings. The Balaban J connectivity index is 2.06. The highest BCUT2D eigenvalue weighted by molar-refractivity contribution is 5.88. The molecule has 0 unspecified atom stereocenters. The van der Waals surface area contributed by atoms with Gasteiger partial charge in [-0.25, -0.2) is 4.39 Å². The molecular weight excluding hydrogens is 301 g/mol. The summed E-state index contributed by atoms with van der Waals surface area (Å²) in [5, 5.41) is 11.7. The summed E-state index contributed by atoms with van der Waals surface area (Å²) in [4.78, 5) is 27.6. The van der Waals surface area contributed by atoms with Gasteiger partial charge in [-0.05, 0) is 17.7 Å². The Labute approximate surface area is 134 Å². The van der Waals surface area contributed by atoms with Crippen molar-refractivity contribution in [2.24, 2.45) is 0 Å². The molecule has 6 nitrogen and oxygen atoms in total. The molecule has 0 aliphatic carbocycles. The van der Waals surface area contributed by atoms with Crippen molar-refractivity contribution in [2.75, 3.05) is 33.3 Å². The minimum atomic E-state index is -0.583. The summed E-state index contributed by atoms with van der Waals surface area (Å²) in [5.41, 5.74) is 0.765. The van der Waals surface area contributed by atoms with Crippen molar-refractivity contribution in [3.8, 4) is 0 Å². The lowest BCUT2D eigenvalue weighted by Gasteiger charge is -2.35. The smallest absolute Gasteiger partial charge is 0.237 e. The molecule has 0 radical (unpaired) electrons. The van der Waals surface area contributed by atoms with E-state index in [2.05, 4.69) is 5.32 Å². The molecule has 1 aliphatic rings. The molecular formula is C16H22FN3O3. The van der Waals surface area contributed by atoms with Crippen molar-refractivity contribution in [1.82, 2.24) is 15.1 Å². The summed E-state index contributed by atoms with van der Waals surface area (Å²) < 4.78 is 13.3. The molecule has 0 aromatic heterocycles. The first-order chi connectivity index (χ1) is 11.0. The Morgan fingerprint density at radius 2 is 2.30 bits per heavy atom. The van der Waals surface area contributed by atoms with Gasteiger partial charge in [0.05, 0.1) is 19.1 Å². The van der Waals surface area contributed by atoms with E-state index in [0.717, 1.165) is 5.56 Å². The van der Waals surface area contributed by atoms with Gasteiger partial charge in [-0.3, -0.25) is 14.5 Å². The van der Waals surface area contributed by atoms with Crippen molar-refractivity contribution in [1.29, 1.82) is 0 Å². The van der Waals surface area contributed by atoms with E-state index >= 15 is 0 Å². The number of nitrogens with zero attached hydrogens (tertiary/aromatic N) is 2. The van der Waals surface area contributed by atoms with Crippen molar-refractivity contribution < 1.29 is 19.1 Å². The molecule has 1 aromatic rings. The van der Waals surface area contributed by atoms with Gasteiger partial charge in [0.1, 0.15) is 5.82 Å². The van der Waals surface area contributed by atoms with Crippen LogP contribution in [-0.4, -0.2) is 66.1 Å². The quantitative estimate of drug-likeness (QED) is 0.771. The van der Waals surface area contributed by atoms with Crippen LogP contribution >= 0.6 is 0 Å². The van der Waals surface area contributed by atoms with Gasteiger partial charge in [0.25, 0.3) is 0 Å². The fourth-order valence-corrected chi connectivity index (χ4v) is 2.64. The standard InChI is InChI=1S/C16H22FN3O3/c1-19(7-8-21)15(22)10-14-16(23)18-5-6-20(14)11-12-3-2-4-13(17)9-12/h2-4,9,14,21H,5-8,10-11H2,1H3,(H,18,23)/t14-/m1/s1. The van der Waals surface area contributed by atoms with Gasteiger partial charge in [0.15, 0.2) is 0 Å². The third-order valence-electron chi connectivity index (χ3n) is 3.95. The number of hydrogen-bond acceptors (Lipinski definition) is 4. The molecule has 2 rings (SSSR count). The number of piperazine rings is 1. The van der Waals surface area contributed by atoms with Gasteiger partial charge in [0, 0.05) is 33.2 Å². The third kappa shape index (κ3) is 4.74. The summed E-state index contributed by atoms with van der Waals surface area (Å²) in [6, 6.07) is 5.65. The van der Waals surface area contributed by atoms with Gasteiger partial charge in [0.2, 0.25) is 11.8 Å². The highest BCUT2D eigenvalue weighted by Gasteiger charge is 2.32. The molecule has 23 heavy (non-hydrogen) atoms. The highest BCUT2D eigenvalue weighted by Crippen LogP contribution is 2.15. The van der Waals surface area contributed by atoms with Gasteiger partial charge in [-0.1, -0.05) is 12.1 Å². The maximum absolute atomic E-state index is 13.3. The second-order valence-corrected chi connectivity index (χ2v) is 5.65. The maximum atomic E-state index is 13.3. The van der Waals surface area contributed by atoms with Crippen LogP contribution in [0.3, 0.4) is 0 Å². The SMILES string of the molecule is CN(CCO)C(=O)C[C@@H]1C(=O)NCCN1Cc1cccc(F)c1. The number of likely N-dealkylation sites (N-methyl/N-ethyl adjacent to an activating group) is 1. The second-order valence-electron chi connectivity index (χ2n) is 5.65. The summed E-state index contributed by atoms with van der Waals surface area (Å²) in [6.07, 6.45) is 0.0393. The number of hydrogen-bond donors (Lipinski definition) is 2. The Bertz CT molecular complexity index is 567. The van der Waals surface area contributed by atoms with Crippen LogP contribution in [0.25, 0.3) is 0 Å². The predicted octanol–water partition coefficient (Wildman–Crippen LogP) is -0.0331. The lowest BCUT2D eigenvalue weighted by atomic mass is 10.1. The third-order valence-corrected chi connectivity index (χ3v) is 3.95. The molecule has 1 aromatic carbocycles. The molecule has 1 aliphatic heterocycles. The van der Waals surface area contributed by atoms with Crippen LogP contribution in [0.5, 0.6) is 0 Å². The number of benzene rings is 1. The van der Waals surface area contributed by atoms with E-state index in [1.54, 1.807) is 19.2 Å². The predicted molar refractivity (Wildman–Crippen MR) is 82.9 cm³/mol. The molecule has 1 saturated heterocycles. The first kappa shape index (κ1) is 17.4. The zero-order valence-corrected chi connectivity index (χ0v) is 13.2. The minimum absolute atomic E-state index is 0.0393. The van der Waals surface area contributed by atoms with E-state index < -0.39 is 6.04 Å². The van der Waals surface area contributed by atoms with Crippen LogP contribution in [0.1, 0.15) is 12.0 Å². The molecule has 0 saturated carbocycles. The summed E-state index contributed by atoms with van der Waals surface area (Å²) in [5.74, 6) is -0.719. The maximum Gasteiger partial charge on any atom is 0.237 e. The van der Waals surface area contributed by atoms with E-state index in [0.29, 0.717) is 19.6 Å². The zero-order valence-electron chi connectivity index (χ0n) is 13.2. The Morgan fingerprint density at radius 3 is 3.00 bits per heavy atom. The van der Waals surface area contributed by atoms with Crippen molar-refractivity contribution >= 4 is 11.8 Å². The van der Waals surface area contributed by atoms with Crippen LogP contribution in [0.2, 0.25) is 0 Å². The van der Waals surface area contributed by atoms with E-state index in [4.69, 9.17) is 5.11 Å². The zero-order chi connectivity index (χ0) is 16.8. The summed E-state index contributed by atoms with van der Waals surface area (Å²) in [6.45, 7) is 1.63. The van der Waals surface area contributed by atoms with Crippen LogP contribution in [-0.2, 0) is 16.1 Å². The van der Waals surface area contributed by atoms with Crippen LogP contribution < -0.4 is 5.32 Å². The fraction of sp³-hybridized carbons (Fsp3) is 0.500. The fourth-order valence-electron chi connectivity index (χ4n) is 2.64. The number of carbonyl (C=O) groups excluding carboxylic acids is 2. The molecule has 0 bridgehead atoms.